The molecule has 0 fully saturated rings. The number of aromatic nitrogens is 1. The van der Waals surface area contributed by atoms with Gasteiger partial charge >= 0.3 is 0 Å². The lowest BCUT2D eigenvalue weighted by molar-refractivity contribution is 0.393. The van der Waals surface area contributed by atoms with Gasteiger partial charge in [0.25, 0.3) is 0 Å². The van der Waals surface area contributed by atoms with Crippen molar-refractivity contribution in [2.75, 3.05) is 11.5 Å². The van der Waals surface area contributed by atoms with E-state index in [2.05, 4.69) is 5.16 Å². The second-order valence-corrected chi connectivity index (χ2v) is 5.41. The molecular weight excluding hydrogens is 278 g/mol. The van der Waals surface area contributed by atoms with Crippen molar-refractivity contribution >= 4 is 22.7 Å². The van der Waals surface area contributed by atoms with Crippen LogP contribution >= 0.6 is 0 Å². The number of rotatable bonds is 3. The average molecular weight is 299 g/mol. The molecule has 7 N–H and O–H groups in total. The number of anilines is 2. The highest BCUT2D eigenvalue weighted by molar-refractivity contribution is 6.23. The molecule has 0 saturated heterocycles. The van der Waals surface area contributed by atoms with Crippen LogP contribution in [0.15, 0.2) is 22.4 Å². The van der Waals surface area contributed by atoms with Gasteiger partial charge in [-0.3, -0.25) is 0 Å². The van der Waals surface area contributed by atoms with Crippen LogP contribution < -0.4 is 17.2 Å². The lowest BCUT2D eigenvalue weighted by Gasteiger charge is -2.15. The van der Waals surface area contributed by atoms with E-state index in [-0.39, 0.29) is 0 Å². The maximum atomic E-state index is 7.95. The number of benzene rings is 1. The summed E-state index contributed by atoms with van der Waals surface area (Å²) in [5.41, 5.74) is 23.6. The summed E-state index contributed by atoms with van der Waals surface area (Å²) in [5.74, 6) is 0.703. The highest BCUT2D eigenvalue weighted by Gasteiger charge is 2.18. The average Bonchev–Trinajstić information content (AvgIpc) is 2.73. The fourth-order valence-corrected chi connectivity index (χ4v) is 2.63. The molecule has 2 rings (SSSR count). The normalized spacial score (nSPS) is 12.2. The molecule has 6 heteroatoms. The fourth-order valence-electron chi connectivity index (χ4n) is 2.63. The summed E-state index contributed by atoms with van der Waals surface area (Å²) >= 11 is 0. The maximum Gasteiger partial charge on any atom is 0.141 e. The molecule has 0 spiro atoms. The Balaban J connectivity index is 2.78. The van der Waals surface area contributed by atoms with Gasteiger partial charge in [-0.2, -0.15) is 0 Å². The number of nitrogens with one attached hydrogen (secondary N) is 1. The molecule has 0 bridgehead atoms. The molecule has 6 nitrogen and oxygen atoms in total. The van der Waals surface area contributed by atoms with Crippen LogP contribution in [0.25, 0.3) is 16.7 Å². The summed E-state index contributed by atoms with van der Waals surface area (Å²) in [5, 5.41) is 11.9. The zero-order valence-electron chi connectivity index (χ0n) is 13.2. The summed E-state index contributed by atoms with van der Waals surface area (Å²) in [6.07, 6.45) is 0. The smallest absolute Gasteiger partial charge is 0.141 e. The molecule has 0 aliphatic carbocycles. The molecule has 1 aromatic heterocycles. The van der Waals surface area contributed by atoms with Gasteiger partial charge < -0.3 is 27.1 Å². The van der Waals surface area contributed by atoms with E-state index in [9.17, 15) is 0 Å². The Kier molecular flexibility index (Phi) is 3.95. The molecule has 22 heavy (non-hydrogen) atoms. The fraction of sp³-hybridized carbons (Fsp3) is 0.250. The monoisotopic (exact) mass is 299 g/mol. The number of nitrogens with zero attached hydrogens (tertiary/aromatic N) is 1. The third kappa shape index (κ3) is 2.55. The van der Waals surface area contributed by atoms with Crippen molar-refractivity contribution in [2.24, 2.45) is 5.73 Å². The van der Waals surface area contributed by atoms with E-state index in [0.29, 0.717) is 39.7 Å². The molecule has 0 aliphatic heterocycles. The number of hydrogen-bond acceptors (Lipinski definition) is 6. The second-order valence-electron chi connectivity index (χ2n) is 5.41. The first-order valence-electron chi connectivity index (χ1n) is 6.88. The van der Waals surface area contributed by atoms with Gasteiger partial charge in [0.1, 0.15) is 5.76 Å². The minimum absolute atomic E-state index is 0.335. The minimum Gasteiger partial charge on any atom is -0.402 e. The van der Waals surface area contributed by atoms with Gasteiger partial charge in [-0.1, -0.05) is 5.16 Å². The molecule has 0 radical (unpaired) electrons. The Labute approximate surface area is 129 Å². The van der Waals surface area contributed by atoms with Crippen molar-refractivity contribution in [3.63, 3.8) is 0 Å². The van der Waals surface area contributed by atoms with E-state index >= 15 is 0 Å². The van der Waals surface area contributed by atoms with Gasteiger partial charge in [0, 0.05) is 28.1 Å². The predicted molar refractivity (Wildman–Crippen MR) is 90.4 cm³/mol. The van der Waals surface area contributed by atoms with E-state index < -0.39 is 0 Å². The third-order valence-electron chi connectivity index (χ3n) is 3.57. The van der Waals surface area contributed by atoms with E-state index in [1.54, 1.807) is 19.9 Å². The third-order valence-corrected chi connectivity index (χ3v) is 3.57. The molecule has 1 aromatic carbocycles. The van der Waals surface area contributed by atoms with Crippen LogP contribution in [0.4, 0.5) is 11.4 Å². The zero-order valence-corrected chi connectivity index (χ0v) is 13.2. The summed E-state index contributed by atoms with van der Waals surface area (Å²) in [7, 11) is 0. The van der Waals surface area contributed by atoms with Gasteiger partial charge in [-0.25, -0.2) is 0 Å². The lowest BCUT2D eigenvalue weighted by atomic mass is 9.93. The Morgan fingerprint density at radius 3 is 2.27 bits per heavy atom. The molecule has 0 atom stereocenters. The van der Waals surface area contributed by atoms with Gasteiger partial charge in [0.15, 0.2) is 0 Å². The van der Waals surface area contributed by atoms with Crippen LogP contribution in [-0.2, 0) is 0 Å². The minimum atomic E-state index is 0.335. The van der Waals surface area contributed by atoms with Gasteiger partial charge in [0.05, 0.1) is 17.1 Å². The molecule has 1 heterocycles. The predicted octanol–water partition coefficient (Wildman–Crippen LogP) is 2.85. The number of nitrogen functional groups attached to an aromatic ring is 2. The first-order valence-corrected chi connectivity index (χ1v) is 6.88. The van der Waals surface area contributed by atoms with Crippen molar-refractivity contribution < 1.29 is 4.52 Å². The summed E-state index contributed by atoms with van der Waals surface area (Å²) in [6, 6.07) is 3.66. The molecule has 0 aliphatic rings. The van der Waals surface area contributed by atoms with Gasteiger partial charge in [-0.15, -0.1) is 0 Å². The lowest BCUT2D eigenvalue weighted by Crippen LogP contribution is -2.09. The van der Waals surface area contributed by atoms with Crippen LogP contribution in [0.1, 0.15) is 30.9 Å². The number of allylic oxidation sites excluding steroid dienone is 2. The van der Waals surface area contributed by atoms with E-state index in [0.717, 1.165) is 16.8 Å². The van der Waals surface area contributed by atoms with Crippen LogP contribution in [0.3, 0.4) is 0 Å². The Morgan fingerprint density at radius 1 is 1.18 bits per heavy atom. The summed E-state index contributed by atoms with van der Waals surface area (Å²) in [6.45, 7) is 7.12. The highest BCUT2D eigenvalue weighted by atomic mass is 16.5. The first kappa shape index (κ1) is 15.6. The van der Waals surface area contributed by atoms with E-state index in [4.69, 9.17) is 27.1 Å². The van der Waals surface area contributed by atoms with Gasteiger partial charge in [-0.05, 0) is 45.4 Å². The van der Waals surface area contributed by atoms with Crippen LogP contribution in [0.2, 0.25) is 0 Å². The Morgan fingerprint density at radius 2 is 1.82 bits per heavy atom. The van der Waals surface area contributed by atoms with Crippen LogP contribution in [0.5, 0.6) is 0 Å². The number of hydrogen-bond donors (Lipinski definition) is 4. The quantitative estimate of drug-likeness (QED) is 0.511. The van der Waals surface area contributed by atoms with Crippen molar-refractivity contribution in [1.82, 2.24) is 5.16 Å². The molecule has 2 aromatic rings. The topological polar surface area (TPSA) is 128 Å². The standard InChI is InChI=1S/C16H21N5O/c1-7(17)14(8(2)18)12-5-11(6-13(19)16(12)20)15-9(3)21-22-10(15)4/h5-6,17H,18-20H2,1-4H3/b14-8+,17-7?. The molecule has 0 saturated carbocycles. The molecular formula is C16H21N5O. The molecule has 116 valence electrons. The van der Waals surface area contributed by atoms with Crippen molar-refractivity contribution in [3.8, 4) is 11.1 Å². The highest BCUT2D eigenvalue weighted by Crippen LogP contribution is 2.36. The van der Waals surface area contributed by atoms with E-state index in [1.165, 1.54) is 0 Å². The molecule has 0 unspecified atom stereocenters. The largest absolute Gasteiger partial charge is 0.402 e. The van der Waals surface area contributed by atoms with Gasteiger partial charge in [0.2, 0.25) is 0 Å². The maximum absolute atomic E-state index is 7.95. The Hall–Kier alpha value is -2.76. The number of nitrogens with two attached hydrogens (primary N) is 3. The van der Waals surface area contributed by atoms with Crippen LogP contribution in [0, 0.1) is 19.3 Å². The van der Waals surface area contributed by atoms with Crippen molar-refractivity contribution in [1.29, 1.82) is 5.41 Å². The Bertz CT molecular complexity index is 763. The summed E-state index contributed by atoms with van der Waals surface area (Å²) < 4.78 is 5.21. The zero-order chi connectivity index (χ0) is 16.6. The number of aryl methyl sites for hydroxylation is 2. The van der Waals surface area contributed by atoms with Crippen molar-refractivity contribution in [2.45, 2.75) is 27.7 Å². The second kappa shape index (κ2) is 5.55. The summed E-state index contributed by atoms with van der Waals surface area (Å²) in [4.78, 5) is 0. The van der Waals surface area contributed by atoms with E-state index in [1.807, 2.05) is 19.9 Å². The first-order chi connectivity index (χ1) is 10.2. The van der Waals surface area contributed by atoms with Crippen LogP contribution in [-0.4, -0.2) is 10.9 Å². The molecule has 0 amide bonds. The SMILES string of the molecule is CC(=N)/C(=C(/C)N)c1cc(-c2c(C)noc2C)cc(N)c1N. The van der Waals surface area contributed by atoms with Crippen molar-refractivity contribution in [3.05, 3.63) is 34.8 Å².